The standard InChI is InChI=1S/C29H36F3NO3/c1-2-18-4-10-24(11-5-18)36-26-12-7-20-6-3-19(15-25(20)27(26)29(30,31)32)13-14-33-22-8-9-23(33)17-21(16-22)28(34)35/h3,6-7,12,15,18,21-24H,2,4-5,8-11,13-14,16-17H2,1H3,(H,34,35). The number of carboxylic acid groups (broad SMARTS) is 1. The fraction of sp³-hybridized carbons (Fsp3) is 0.621. The van der Waals surface area contributed by atoms with Gasteiger partial charge in [0.25, 0.3) is 0 Å². The zero-order valence-electron chi connectivity index (χ0n) is 20.9. The molecule has 2 aliphatic heterocycles. The van der Waals surface area contributed by atoms with Crippen LogP contribution in [0.4, 0.5) is 13.2 Å². The summed E-state index contributed by atoms with van der Waals surface area (Å²) in [6.07, 6.45) is 4.04. The molecule has 2 atom stereocenters. The molecule has 2 saturated heterocycles. The van der Waals surface area contributed by atoms with Gasteiger partial charge in [-0.25, -0.2) is 0 Å². The molecule has 5 rings (SSSR count). The number of nitrogens with zero attached hydrogens (tertiary/aromatic N) is 1. The average Bonchev–Trinajstić information content (AvgIpc) is 3.08. The van der Waals surface area contributed by atoms with Crippen molar-refractivity contribution in [2.75, 3.05) is 6.54 Å². The van der Waals surface area contributed by atoms with Crippen LogP contribution in [0.5, 0.6) is 5.75 Å². The number of carboxylic acids is 1. The lowest BCUT2D eigenvalue weighted by atomic mass is 9.86. The highest BCUT2D eigenvalue weighted by Gasteiger charge is 2.42. The van der Waals surface area contributed by atoms with E-state index in [1.54, 1.807) is 18.2 Å². The second-order valence-corrected chi connectivity index (χ2v) is 11.0. The fourth-order valence-electron chi connectivity index (χ4n) is 6.83. The largest absolute Gasteiger partial charge is 0.490 e. The lowest BCUT2D eigenvalue weighted by Crippen LogP contribution is -2.45. The molecule has 2 aromatic carbocycles. The first kappa shape index (κ1) is 25.4. The molecular weight excluding hydrogens is 467 g/mol. The highest BCUT2D eigenvalue weighted by Crippen LogP contribution is 2.43. The van der Waals surface area contributed by atoms with Crippen molar-refractivity contribution in [3.05, 3.63) is 41.5 Å². The van der Waals surface area contributed by atoms with Gasteiger partial charge in [-0.1, -0.05) is 37.6 Å². The van der Waals surface area contributed by atoms with E-state index in [1.807, 2.05) is 6.07 Å². The Labute approximate surface area is 210 Å². The molecule has 36 heavy (non-hydrogen) atoms. The Morgan fingerprint density at radius 1 is 1.03 bits per heavy atom. The first-order chi connectivity index (χ1) is 17.2. The number of carbonyl (C=O) groups is 1. The van der Waals surface area contributed by atoms with Crippen LogP contribution < -0.4 is 4.74 Å². The van der Waals surface area contributed by atoms with E-state index in [4.69, 9.17) is 4.74 Å². The lowest BCUT2D eigenvalue weighted by Gasteiger charge is -2.37. The summed E-state index contributed by atoms with van der Waals surface area (Å²) in [5.74, 6) is -0.390. The van der Waals surface area contributed by atoms with Gasteiger partial charge < -0.3 is 9.84 Å². The first-order valence-corrected chi connectivity index (χ1v) is 13.5. The molecule has 3 fully saturated rings. The molecule has 196 valence electrons. The van der Waals surface area contributed by atoms with Crippen molar-refractivity contribution in [1.82, 2.24) is 4.90 Å². The van der Waals surface area contributed by atoms with Gasteiger partial charge in [-0.3, -0.25) is 9.69 Å². The molecule has 0 radical (unpaired) electrons. The van der Waals surface area contributed by atoms with Gasteiger partial charge in [-0.2, -0.15) is 13.2 Å². The molecule has 1 aliphatic carbocycles. The molecule has 2 heterocycles. The van der Waals surface area contributed by atoms with E-state index in [-0.39, 0.29) is 35.2 Å². The van der Waals surface area contributed by atoms with Gasteiger partial charge in [-0.15, -0.1) is 0 Å². The Kier molecular flexibility index (Phi) is 7.21. The van der Waals surface area contributed by atoms with Crippen molar-refractivity contribution in [2.45, 2.75) is 95.5 Å². The summed E-state index contributed by atoms with van der Waals surface area (Å²) in [4.78, 5) is 13.8. The molecule has 1 N–H and O–H groups in total. The molecule has 1 saturated carbocycles. The van der Waals surface area contributed by atoms with Gasteiger partial charge in [0.1, 0.15) is 11.3 Å². The minimum absolute atomic E-state index is 0.0547. The zero-order chi connectivity index (χ0) is 25.4. The van der Waals surface area contributed by atoms with Crippen LogP contribution in [0.1, 0.15) is 75.8 Å². The maximum Gasteiger partial charge on any atom is 0.420 e. The second-order valence-electron chi connectivity index (χ2n) is 11.0. The third kappa shape index (κ3) is 5.22. The number of hydrogen-bond donors (Lipinski definition) is 1. The molecule has 2 aromatic rings. The summed E-state index contributed by atoms with van der Waals surface area (Å²) < 4.78 is 49.0. The molecular formula is C29H36F3NO3. The van der Waals surface area contributed by atoms with E-state index in [9.17, 15) is 23.1 Å². The van der Waals surface area contributed by atoms with E-state index >= 15 is 0 Å². The van der Waals surface area contributed by atoms with Gasteiger partial charge in [0.15, 0.2) is 0 Å². The smallest absolute Gasteiger partial charge is 0.420 e. The van der Waals surface area contributed by atoms with Crippen LogP contribution in [0.25, 0.3) is 10.8 Å². The van der Waals surface area contributed by atoms with Crippen LogP contribution in [0.2, 0.25) is 0 Å². The van der Waals surface area contributed by atoms with E-state index in [0.717, 1.165) is 57.1 Å². The van der Waals surface area contributed by atoms with Crippen molar-refractivity contribution in [3.63, 3.8) is 0 Å². The Balaban J connectivity index is 1.35. The summed E-state index contributed by atoms with van der Waals surface area (Å²) in [6, 6.07) is 9.13. The van der Waals surface area contributed by atoms with Gasteiger partial charge in [0.2, 0.25) is 0 Å². The minimum Gasteiger partial charge on any atom is -0.490 e. The van der Waals surface area contributed by atoms with Crippen LogP contribution in [0.15, 0.2) is 30.3 Å². The molecule has 0 amide bonds. The summed E-state index contributed by atoms with van der Waals surface area (Å²) in [5.41, 5.74) is 0.204. The van der Waals surface area contributed by atoms with Crippen LogP contribution >= 0.6 is 0 Å². The highest BCUT2D eigenvalue weighted by molar-refractivity contribution is 5.89. The zero-order valence-corrected chi connectivity index (χ0v) is 20.9. The summed E-state index contributed by atoms with van der Waals surface area (Å²) in [6.45, 7) is 2.91. The maximum absolute atomic E-state index is 14.3. The Morgan fingerprint density at radius 3 is 2.31 bits per heavy atom. The quantitative estimate of drug-likeness (QED) is 0.439. The summed E-state index contributed by atoms with van der Waals surface area (Å²) >= 11 is 0. The first-order valence-electron chi connectivity index (χ1n) is 13.5. The van der Waals surface area contributed by atoms with Gasteiger partial charge in [0, 0.05) is 18.6 Å². The molecule has 0 spiro atoms. The topological polar surface area (TPSA) is 49.8 Å². The van der Waals surface area contributed by atoms with Crippen molar-refractivity contribution in [1.29, 1.82) is 0 Å². The monoisotopic (exact) mass is 503 g/mol. The highest BCUT2D eigenvalue weighted by atomic mass is 19.4. The molecule has 2 unspecified atom stereocenters. The number of piperidine rings is 1. The van der Waals surface area contributed by atoms with E-state index in [2.05, 4.69) is 11.8 Å². The number of fused-ring (bicyclic) bond motifs is 3. The number of rotatable bonds is 7. The van der Waals surface area contributed by atoms with Crippen LogP contribution in [0.3, 0.4) is 0 Å². The predicted molar refractivity (Wildman–Crippen MR) is 133 cm³/mol. The third-order valence-electron chi connectivity index (χ3n) is 8.89. The van der Waals surface area contributed by atoms with Gasteiger partial charge in [-0.05, 0) is 86.1 Å². The second kappa shape index (κ2) is 10.2. The number of aliphatic carboxylic acids is 1. The van der Waals surface area contributed by atoms with Crippen molar-refractivity contribution >= 4 is 16.7 Å². The number of alkyl halides is 3. The predicted octanol–water partition coefficient (Wildman–Crippen LogP) is 7.08. The minimum atomic E-state index is -4.51. The van der Waals surface area contributed by atoms with E-state index < -0.39 is 17.7 Å². The van der Waals surface area contributed by atoms with Crippen molar-refractivity contribution in [2.24, 2.45) is 11.8 Å². The van der Waals surface area contributed by atoms with Crippen molar-refractivity contribution < 1.29 is 27.8 Å². The Morgan fingerprint density at radius 2 is 1.69 bits per heavy atom. The van der Waals surface area contributed by atoms with Crippen LogP contribution in [0, 0.1) is 11.8 Å². The van der Waals surface area contributed by atoms with E-state index in [0.29, 0.717) is 30.6 Å². The van der Waals surface area contributed by atoms with Gasteiger partial charge >= 0.3 is 12.1 Å². The van der Waals surface area contributed by atoms with Crippen LogP contribution in [-0.2, 0) is 17.4 Å². The molecule has 7 heteroatoms. The normalized spacial score (nSPS) is 28.9. The molecule has 0 aromatic heterocycles. The van der Waals surface area contributed by atoms with Crippen molar-refractivity contribution in [3.8, 4) is 5.75 Å². The average molecular weight is 504 g/mol. The molecule has 4 nitrogen and oxygen atoms in total. The summed E-state index contributed by atoms with van der Waals surface area (Å²) in [5, 5.41) is 10.2. The Bertz CT molecular complexity index is 1080. The maximum atomic E-state index is 14.3. The third-order valence-corrected chi connectivity index (χ3v) is 8.89. The van der Waals surface area contributed by atoms with E-state index in [1.165, 1.54) is 6.07 Å². The number of halogens is 3. The number of ether oxygens (including phenoxy) is 1. The Hall–Kier alpha value is -2.28. The van der Waals surface area contributed by atoms with Gasteiger partial charge in [0.05, 0.1) is 12.0 Å². The molecule has 2 bridgehead atoms. The lowest BCUT2D eigenvalue weighted by molar-refractivity contribution is -0.144. The molecule has 3 aliphatic rings. The van der Waals surface area contributed by atoms with Crippen LogP contribution in [-0.4, -0.2) is 40.7 Å². The summed E-state index contributed by atoms with van der Waals surface area (Å²) in [7, 11) is 0. The number of benzene rings is 2. The fourth-order valence-corrected chi connectivity index (χ4v) is 6.83. The SMILES string of the molecule is CCC1CCC(Oc2ccc3ccc(CCN4C5CCC4CC(C(=O)O)C5)cc3c2C(F)(F)F)CC1. The number of hydrogen-bond acceptors (Lipinski definition) is 3.